The van der Waals surface area contributed by atoms with E-state index in [9.17, 15) is 18.0 Å². The normalized spacial score (nSPS) is 19.1. The molecule has 6 nitrogen and oxygen atoms in total. The summed E-state index contributed by atoms with van der Waals surface area (Å²) in [5.41, 5.74) is 0. The Morgan fingerprint density at radius 3 is 2.29 bits per heavy atom. The van der Waals surface area contributed by atoms with Gasteiger partial charge in [0.25, 0.3) is 0 Å². The lowest BCUT2D eigenvalue weighted by Gasteiger charge is -2.23. The highest BCUT2D eigenvalue weighted by Crippen LogP contribution is 2.04. The van der Waals surface area contributed by atoms with E-state index < -0.39 is 21.8 Å². The molecule has 1 aliphatic heterocycles. The zero-order valence-electron chi connectivity index (χ0n) is 7.39. The zero-order chi connectivity index (χ0) is 10.8. The number of rotatable bonds is 3. The Bertz CT molecular complexity index is 357. The number of sulfonamides is 1. The highest BCUT2D eigenvalue weighted by molar-refractivity contribution is 7.89. The Balaban J connectivity index is 2.82. The molecule has 0 aromatic heterocycles. The molecule has 1 heterocycles. The molecule has 1 N–H and O–H groups in total. The van der Waals surface area contributed by atoms with E-state index in [4.69, 9.17) is 0 Å². The van der Waals surface area contributed by atoms with Crippen LogP contribution in [-0.4, -0.2) is 43.4 Å². The minimum absolute atomic E-state index is 0.270. The van der Waals surface area contributed by atoms with Crippen molar-refractivity contribution < 1.29 is 18.0 Å². The van der Waals surface area contributed by atoms with E-state index in [1.165, 1.54) is 6.08 Å². The highest BCUT2D eigenvalue weighted by atomic mass is 32.2. The molecule has 0 saturated carbocycles. The summed E-state index contributed by atoms with van der Waals surface area (Å²) in [7, 11) is -3.57. The van der Waals surface area contributed by atoms with Crippen molar-refractivity contribution in [2.24, 2.45) is 0 Å². The van der Waals surface area contributed by atoms with Gasteiger partial charge >= 0.3 is 0 Å². The lowest BCUT2D eigenvalue weighted by molar-refractivity contribution is -0.134. The van der Waals surface area contributed by atoms with Crippen molar-refractivity contribution in [2.45, 2.75) is 0 Å². The highest BCUT2D eigenvalue weighted by Gasteiger charge is 2.30. The molecule has 0 radical (unpaired) electrons. The fraction of sp³-hybridized carbons (Fsp3) is 0.429. The van der Waals surface area contributed by atoms with Crippen LogP contribution in [0, 0.1) is 0 Å². The van der Waals surface area contributed by atoms with E-state index in [-0.39, 0.29) is 18.8 Å². The molecule has 0 aromatic rings. The number of hydrogen-bond acceptors (Lipinski definition) is 4. The number of nitrogens with one attached hydrogen (secondary N) is 1. The van der Waals surface area contributed by atoms with Crippen LogP contribution in [0.15, 0.2) is 12.7 Å². The summed E-state index contributed by atoms with van der Waals surface area (Å²) in [5.74, 6) is -1.48. The number of carbonyl (C=O) groups is 2. The van der Waals surface area contributed by atoms with E-state index in [2.05, 4.69) is 6.58 Å². The number of nitrogens with zero attached hydrogens (tertiary/aromatic N) is 1. The maximum atomic E-state index is 11.4. The van der Waals surface area contributed by atoms with Crippen molar-refractivity contribution in [2.75, 3.05) is 18.8 Å². The molecule has 0 bridgehead atoms. The quantitative estimate of drug-likeness (QED) is 0.459. The first-order valence-electron chi connectivity index (χ1n) is 3.87. The Morgan fingerprint density at radius 1 is 1.36 bits per heavy atom. The Morgan fingerprint density at radius 2 is 1.86 bits per heavy atom. The molecule has 0 unspecified atom stereocenters. The number of piperazine rings is 1. The zero-order valence-corrected chi connectivity index (χ0v) is 8.21. The lowest BCUT2D eigenvalue weighted by Crippen LogP contribution is -2.53. The second kappa shape index (κ2) is 3.89. The second-order valence-electron chi connectivity index (χ2n) is 2.81. The van der Waals surface area contributed by atoms with Crippen LogP contribution in [0.4, 0.5) is 0 Å². The van der Waals surface area contributed by atoms with Crippen molar-refractivity contribution in [3.05, 3.63) is 12.7 Å². The number of carbonyl (C=O) groups excluding carboxylic acids is 2. The van der Waals surface area contributed by atoms with Gasteiger partial charge in [0.2, 0.25) is 21.8 Å². The maximum absolute atomic E-state index is 11.4. The van der Waals surface area contributed by atoms with Gasteiger partial charge in [-0.3, -0.25) is 14.9 Å². The summed E-state index contributed by atoms with van der Waals surface area (Å²) < 4.78 is 23.6. The maximum Gasteiger partial charge on any atom is 0.241 e. The number of amides is 2. The third kappa shape index (κ3) is 2.39. The van der Waals surface area contributed by atoms with Gasteiger partial charge in [0.1, 0.15) is 0 Å². The summed E-state index contributed by atoms with van der Waals surface area (Å²) in [6.07, 6.45) is 1.21. The summed E-state index contributed by atoms with van der Waals surface area (Å²) in [6.45, 7) is 2.68. The van der Waals surface area contributed by atoms with Crippen LogP contribution in [0.1, 0.15) is 0 Å². The topological polar surface area (TPSA) is 83.6 Å². The van der Waals surface area contributed by atoms with Gasteiger partial charge in [-0.1, -0.05) is 6.08 Å². The van der Waals surface area contributed by atoms with Gasteiger partial charge in [-0.25, -0.2) is 8.42 Å². The van der Waals surface area contributed by atoms with Crippen LogP contribution >= 0.6 is 0 Å². The Labute approximate surface area is 81.6 Å². The first kappa shape index (κ1) is 10.9. The standard InChI is InChI=1S/C7H10N2O4S/c1-2-3-14(12,13)9-4-6(10)8-7(11)5-9/h2H,1,3-5H2,(H,8,10,11). The fourth-order valence-corrected chi connectivity index (χ4v) is 2.20. The summed E-state index contributed by atoms with van der Waals surface area (Å²) in [5, 5.41) is 2.01. The van der Waals surface area contributed by atoms with Crippen LogP contribution in [0.3, 0.4) is 0 Å². The molecule has 0 aliphatic carbocycles. The molecule has 2 amide bonds. The predicted octanol–water partition coefficient (Wildman–Crippen LogP) is -1.54. The van der Waals surface area contributed by atoms with Crippen LogP contribution in [0.5, 0.6) is 0 Å². The average Bonchev–Trinajstić information content (AvgIpc) is 2.02. The Kier molecular flexibility index (Phi) is 3.02. The van der Waals surface area contributed by atoms with E-state index in [1.54, 1.807) is 0 Å². The van der Waals surface area contributed by atoms with Crippen LogP contribution in [-0.2, 0) is 19.6 Å². The van der Waals surface area contributed by atoms with Gasteiger partial charge in [-0.05, 0) is 0 Å². The van der Waals surface area contributed by atoms with Gasteiger partial charge in [0, 0.05) is 0 Å². The summed E-state index contributed by atoms with van der Waals surface area (Å²) >= 11 is 0. The van der Waals surface area contributed by atoms with Crippen molar-refractivity contribution in [1.82, 2.24) is 9.62 Å². The molecule has 14 heavy (non-hydrogen) atoms. The van der Waals surface area contributed by atoms with Crippen LogP contribution in [0.2, 0.25) is 0 Å². The summed E-state index contributed by atoms with van der Waals surface area (Å²) in [4.78, 5) is 21.7. The number of imide groups is 1. The number of hydrogen-bond donors (Lipinski definition) is 1. The smallest absolute Gasteiger partial charge is 0.241 e. The minimum atomic E-state index is -3.57. The van der Waals surface area contributed by atoms with Crippen molar-refractivity contribution in [1.29, 1.82) is 0 Å². The van der Waals surface area contributed by atoms with E-state index in [0.717, 1.165) is 4.31 Å². The molecule has 0 atom stereocenters. The van der Waals surface area contributed by atoms with Gasteiger partial charge in [0.15, 0.2) is 0 Å². The van der Waals surface area contributed by atoms with Crippen molar-refractivity contribution >= 4 is 21.8 Å². The van der Waals surface area contributed by atoms with Gasteiger partial charge in [-0.2, -0.15) is 4.31 Å². The molecule has 1 fully saturated rings. The van der Waals surface area contributed by atoms with E-state index >= 15 is 0 Å². The molecule has 1 aliphatic rings. The molecule has 78 valence electrons. The van der Waals surface area contributed by atoms with Crippen LogP contribution in [0.25, 0.3) is 0 Å². The predicted molar refractivity (Wildman–Crippen MR) is 48.7 cm³/mol. The van der Waals surface area contributed by atoms with Gasteiger partial charge in [0.05, 0.1) is 18.8 Å². The molecule has 0 spiro atoms. The largest absolute Gasteiger partial charge is 0.294 e. The van der Waals surface area contributed by atoms with Gasteiger partial charge < -0.3 is 0 Å². The first-order chi connectivity index (χ1) is 6.45. The lowest BCUT2D eigenvalue weighted by atomic mass is 10.4. The van der Waals surface area contributed by atoms with Gasteiger partial charge in [-0.15, -0.1) is 6.58 Å². The molecule has 7 heteroatoms. The SMILES string of the molecule is C=CCS(=O)(=O)N1CC(=O)NC(=O)C1. The first-order valence-corrected chi connectivity index (χ1v) is 5.48. The van der Waals surface area contributed by atoms with Crippen LogP contribution < -0.4 is 5.32 Å². The van der Waals surface area contributed by atoms with E-state index in [1.807, 2.05) is 5.32 Å². The molecule has 0 aromatic carbocycles. The Hall–Kier alpha value is -1.21. The average molecular weight is 218 g/mol. The van der Waals surface area contributed by atoms with E-state index in [0.29, 0.717) is 0 Å². The third-order valence-electron chi connectivity index (χ3n) is 1.64. The molecular formula is C7H10N2O4S. The fourth-order valence-electron chi connectivity index (χ4n) is 1.06. The monoisotopic (exact) mass is 218 g/mol. The summed E-state index contributed by atoms with van der Waals surface area (Å²) in [6, 6.07) is 0. The third-order valence-corrected chi connectivity index (χ3v) is 3.34. The van der Waals surface area contributed by atoms with Crippen molar-refractivity contribution in [3.63, 3.8) is 0 Å². The molecular weight excluding hydrogens is 208 g/mol. The molecule has 1 saturated heterocycles. The minimum Gasteiger partial charge on any atom is -0.294 e. The van der Waals surface area contributed by atoms with Crippen molar-refractivity contribution in [3.8, 4) is 0 Å². The molecule has 1 rings (SSSR count). The second-order valence-corrected chi connectivity index (χ2v) is 4.82.